The average Bonchev–Trinajstić information content (AvgIpc) is 3.19. The van der Waals surface area contributed by atoms with Crippen molar-refractivity contribution >= 4 is 15.9 Å². The Morgan fingerprint density at radius 1 is 1.21 bits per heavy atom. The highest BCUT2D eigenvalue weighted by atomic mass is 79.9. The topological polar surface area (TPSA) is 21.3 Å². The van der Waals surface area contributed by atoms with Gasteiger partial charge in [-0.2, -0.15) is 0 Å². The second kappa shape index (κ2) is 7.85. The predicted octanol–water partition coefficient (Wildman–Crippen LogP) is 4.28. The van der Waals surface area contributed by atoms with Crippen LogP contribution in [0.25, 0.3) is 0 Å². The quantitative estimate of drug-likeness (QED) is 0.683. The van der Waals surface area contributed by atoms with Crippen LogP contribution in [-0.2, 0) is 0 Å². The van der Waals surface area contributed by atoms with E-state index in [2.05, 4.69) is 21.2 Å². The van der Waals surface area contributed by atoms with E-state index in [0.29, 0.717) is 11.1 Å². The Morgan fingerprint density at radius 3 is 2.74 bits per heavy atom. The zero-order valence-electron chi connectivity index (χ0n) is 11.1. The van der Waals surface area contributed by atoms with Gasteiger partial charge < -0.3 is 10.1 Å². The summed E-state index contributed by atoms with van der Waals surface area (Å²) in [7, 11) is 0. The van der Waals surface area contributed by atoms with Crippen molar-refractivity contribution in [3.8, 4) is 5.75 Å². The Kier molecular flexibility index (Phi) is 6.11. The first-order valence-electron chi connectivity index (χ1n) is 7.07. The van der Waals surface area contributed by atoms with Gasteiger partial charge in [0.05, 0.1) is 11.1 Å². The van der Waals surface area contributed by atoms with E-state index in [9.17, 15) is 4.39 Å². The third-order valence-electron chi connectivity index (χ3n) is 3.23. The number of halogens is 2. The molecule has 0 unspecified atom stereocenters. The first-order chi connectivity index (χ1) is 9.25. The third kappa shape index (κ3) is 5.91. The predicted molar refractivity (Wildman–Crippen MR) is 79.1 cm³/mol. The van der Waals surface area contributed by atoms with Crippen molar-refractivity contribution in [3.05, 3.63) is 28.5 Å². The molecule has 106 valence electrons. The molecule has 1 aliphatic carbocycles. The number of unbranched alkanes of at least 4 members (excludes halogenated alkanes) is 3. The molecule has 1 fully saturated rings. The highest BCUT2D eigenvalue weighted by Crippen LogP contribution is 2.25. The van der Waals surface area contributed by atoms with Gasteiger partial charge in [0.15, 0.2) is 0 Å². The average molecular weight is 330 g/mol. The maximum Gasteiger partial charge on any atom is 0.133 e. The molecule has 1 aliphatic rings. The lowest BCUT2D eigenvalue weighted by molar-refractivity contribution is 0.302. The molecule has 1 aromatic rings. The number of ether oxygens (including phenoxy) is 1. The van der Waals surface area contributed by atoms with Crippen LogP contribution >= 0.6 is 15.9 Å². The fourth-order valence-corrected chi connectivity index (χ4v) is 2.41. The molecule has 1 aromatic carbocycles. The van der Waals surface area contributed by atoms with E-state index in [-0.39, 0.29) is 5.82 Å². The minimum Gasteiger partial charge on any atom is -0.492 e. The smallest absolute Gasteiger partial charge is 0.133 e. The molecule has 1 N–H and O–H groups in total. The second-order valence-electron chi connectivity index (χ2n) is 5.07. The summed E-state index contributed by atoms with van der Waals surface area (Å²) in [6, 6.07) is 5.33. The van der Waals surface area contributed by atoms with Gasteiger partial charge in [0.2, 0.25) is 0 Å². The summed E-state index contributed by atoms with van der Waals surface area (Å²) in [6.45, 7) is 1.84. The number of nitrogens with one attached hydrogen (secondary N) is 1. The third-order valence-corrected chi connectivity index (χ3v) is 3.85. The van der Waals surface area contributed by atoms with Gasteiger partial charge in [0, 0.05) is 6.04 Å². The van der Waals surface area contributed by atoms with E-state index >= 15 is 0 Å². The van der Waals surface area contributed by atoms with E-state index in [0.717, 1.165) is 24.8 Å². The van der Waals surface area contributed by atoms with Crippen LogP contribution in [0.3, 0.4) is 0 Å². The molecule has 0 aliphatic heterocycles. The number of benzene rings is 1. The molecule has 1 saturated carbocycles. The zero-order valence-corrected chi connectivity index (χ0v) is 12.7. The Balaban J connectivity index is 1.48. The SMILES string of the molecule is Fc1ccc(OCCCCCCNC2CC2)c(Br)c1. The van der Waals surface area contributed by atoms with Crippen molar-refractivity contribution in [2.45, 2.75) is 44.6 Å². The van der Waals surface area contributed by atoms with Crippen LogP contribution in [0.1, 0.15) is 38.5 Å². The van der Waals surface area contributed by atoms with Gasteiger partial charge in [-0.1, -0.05) is 12.8 Å². The minimum absolute atomic E-state index is 0.248. The molecule has 2 rings (SSSR count). The van der Waals surface area contributed by atoms with Gasteiger partial charge in [-0.25, -0.2) is 4.39 Å². The second-order valence-corrected chi connectivity index (χ2v) is 5.92. The van der Waals surface area contributed by atoms with E-state index in [4.69, 9.17) is 4.74 Å². The molecule has 0 spiro atoms. The molecule has 0 saturated heterocycles. The minimum atomic E-state index is -0.248. The fraction of sp³-hybridized carbons (Fsp3) is 0.600. The monoisotopic (exact) mass is 329 g/mol. The molecular formula is C15H21BrFNO. The van der Waals surface area contributed by atoms with Crippen LogP contribution in [0.15, 0.2) is 22.7 Å². The highest BCUT2D eigenvalue weighted by molar-refractivity contribution is 9.10. The van der Waals surface area contributed by atoms with E-state index in [1.165, 1.54) is 44.2 Å². The Hall–Kier alpha value is -0.610. The van der Waals surface area contributed by atoms with Crippen LogP contribution in [0.2, 0.25) is 0 Å². The molecule has 19 heavy (non-hydrogen) atoms. The van der Waals surface area contributed by atoms with Gasteiger partial charge in [-0.05, 0) is 66.4 Å². The lowest BCUT2D eigenvalue weighted by atomic mass is 10.2. The molecule has 4 heteroatoms. The van der Waals surface area contributed by atoms with Crippen LogP contribution < -0.4 is 10.1 Å². The van der Waals surface area contributed by atoms with Gasteiger partial charge >= 0.3 is 0 Å². The van der Waals surface area contributed by atoms with Crippen molar-refractivity contribution in [1.29, 1.82) is 0 Å². The molecular weight excluding hydrogens is 309 g/mol. The summed E-state index contributed by atoms with van der Waals surface area (Å²) in [4.78, 5) is 0. The molecule has 0 aromatic heterocycles. The van der Waals surface area contributed by atoms with Crippen LogP contribution in [-0.4, -0.2) is 19.2 Å². The van der Waals surface area contributed by atoms with Crippen LogP contribution in [0, 0.1) is 5.82 Å². The summed E-state index contributed by atoms with van der Waals surface area (Å²) in [5.74, 6) is 0.471. The standard InChI is InChI=1S/C15H21BrFNO/c16-14-11-12(17)5-8-15(14)19-10-4-2-1-3-9-18-13-6-7-13/h5,8,11,13,18H,1-4,6-7,9-10H2. The summed E-state index contributed by atoms with van der Waals surface area (Å²) in [5.41, 5.74) is 0. The van der Waals surface area contributed by atoms with Gasteiger partial charge in [0.1, 0.15) is 11.6 Å². The van der Waals surface area contributed by atoms with Gasteiger partial charge in [-0.3, -0.25) is 0 Å². The Morgan fingerprint density at radius 2 is 2.00 bits per heavy atom. The number of hydrogen-bond acceptors (Lipinski definition) is 2. The van der Waals surface area contributed by atoms with Crippen molar-refractivity contribution in [1.82, 2.24) is 5.32 Å². The molecule has 0 radical (unpaired) electrons. The largest absolute Gasteiger partial charge is 0.492 e. The Labute approximate surface area is 122 Å². The van der Waals surface area contributed by atoms with Gasteiger partial charge in [-0.15, -0.1) is 0 Å². The van der Waals surface area contributed by atoms with E-state index < -0.39 is 0 Å². The van der Waals surface area contributed by atoms with E-state index in [1.807, 2.05) is 0 Å². The maximum atomic E-state index is 12.9. The molecule has 0 bridgehead atoms. The normalized spacial score (nSPS) is 14.6. The molecule has 0 atom stereocenters. The first-order valence-corrected chi connectivity index (χ1v) is 7.86. The number of hydrogen-bond donors (Lipinski definition) is 1. The van der Waals surface area contributed by atoms with Crippen molar-refractivity contribution < 1.29 is 9.13 Å². The summed E-state index contributed by atoms with van der Waals surface area (Å²) in [5, 5.41) is 3.51. The lowest BCUT2D eigenvalue weighted by Gasteiger charge is -2.08. The van der Waals surface area contributed by atoms with Crippen molar-refractivity contribution in [2.75, 3.05) is 13.2 Å². The Bertz CT molecular complexity index is 396. The van der Waals surface area contributed by atoms with E-state index in [1.54, 1.807) is 6.07 Å². The zero-order chi connectivity index (χ0) is 13.5. The maximum absolute atomic E-state index is 12.9. The summed E-state index contributed by atoms with van der Waals surface area (Å²) in [6.07, 6.45) is 7.45. The van der Waals surface area contributed by atoms with Crippen LogP contribution in [0.4, 0.5) is 4.39 Å². The summed E-state index contributed by atoms with van der Waals surface area (Å²) < 4.78 is 19.2. The van der Waals surface area contributed by atoms with Crippen molar-refractivity contribution in [2.24, 2.45) is 0 Å². The molecule has 0 heterocycles. The molecule has 0 amide bonds. The van der Waals surface area contributed by atoms with Crippen molar-refractivity contribution in [3.63, 3.8) is 0 Å². The molecule has 2 nitrogen and oxygen atoms in total. The van der Waals surface area contributed by atoms with Gasteiger partial charge in [0.25, 0.3) is 0 Å². The van der Waals surface area contributed by atoms with Crippen LogP contribution in [0.5, 0.6) is 5.75 Å². The first kappa shape index (κ1) is 14.8. The fourth-order valence-electron chi connectivity index (χ4n) is 1.95. The highest BCUT2D eigenvalue weighted by Gasteiger charge is 2.19. The summed E-state index contributed by atoms with van der Waals surface area (Å²) >= 11 is 3.30. The lowest BCUT2D eigenvalue weighted by Crippen LogP contribution is -2.17. The number of rotatable bonds is 9.